The van der Waals surface area contributed by atoms with Gasteiger partial charge in [0.05, 0.1) is 16.1 Å². The molecule has 0 aliphatic heterocycles. The third-order valence-corrected chi connectivity index (χ3v) is 5.01. The number of carboxylic acid groups (broad SMARTS) is 1. The van der Waals surface area contributed by atoms with Crippen molar-refractivity contribution in [3.8, 4) is 21.7 Å². The largest absolute Gasteiger partial charge is 0.550 e. The number of hydrogen-bond donors (Lipinski definition) is 0. The third-order valence-electron chi connectivity index (χ3n) is 4.13. The zero-order chi connectivity index (χ0) is 17.2. The Morgan fingerprint density at radius 1 is 0.960 bits per heavy atom. The van der Waals surface area contributed by atoms with Crippen molar-refractivity contribution in [1.82, 2.24) is 4.98 Å². The van der Waals surface area contributed by atoms with Gasteiger partial charge in [-0.05, 0) is 34.2 Å². The summed E-state index contributed by atoms with van der Waals surface area (Å²) in [5.74, 6) is -1.10. The van der Waals surface area contributed by atoms with E-state index in [2.05, 4.69) is 0 Å². The second kappa shape index (κ2) is 6.49. The second-order valence-electron chi connectivity index (χ2n) is 5.72. The molecule has 3 nitrogen and oxygen atoms in total. The molecule has 2 heterocycles. The molecule has 0 atom stereocenters. The summed E-state index contributed by atoms with van der Waals surface area (Å²) < 4.78 is 0. The minimum atomic E-state index is -1.10. The first-order valence-corrected chi connectivity index (χ1v) is 8.83. The topological polar surface area (TPSA) is 53.0 Å². The quantitative estimate of drug-likeness (QED) is 0.564. The van der Waals surface area contributed by atoms with E-state index in [4.69, 9.17) is 4.98 Å². The molecular formula is C21H14NO2S-. The number of para-hydroxylation sites is 1. The van der Waals surface area contributed by atoms with E-state index in [-0.39, 0.29) is 6.42 Å². The van der Waals surface area contributed by atoms with Crippen LogP contribution in [0.25, 0.3) is 32.6 Å². The van der Waals surface area contributed by atoms with Gasteiger partial charge < -0.3 is 9.90 Å². The van der Waals surface area contributed by atoms with Gasteiger partial charge in [-0.2, -0.15) is 0 Å². The van der Waals surface area contributed by atoms with E-state index in [1.54, 1.807) is 11.3 Å². The number of benzene rings is 2. The highest BCUT2D eigenvalue weighted by Gasteiger charge is 2.18. The average Bonchev–Trinajstić information content (AvgIpc) is 3.16. The first kappa shape index (κ1) is 15.5. The van der Waals surface area contributed by atoms with Gasteiger partial charge in [0.15, 0.2) is 0 Å². The number of fused-ring (bicyclic) bond motifs is 1. The van der Waals surface area contributed by atoms with Crippen molar-refractivity contribution < 1.29 is 9.90 Å². The molecular weight excluding hydrogens is 330 g/mol. The molecule has 4 rings (SSSR count). The maximum absolute atomic E-state index is 11.5. The molecule has 2 aromatic heterocycles. The van der Waals surface area contributed by atoms with Gasteiger partial charge >= 0.3 is 0 Å². The zero-order valence-electron chi connectivity index (χ0n) is 13.3. The van der Waals surface area contributed by atoms with Crippen LogP contribution in [0.15, 0.2) is 72.1 Å². The number of hydrogen-bond acceptors (Lipinski definition) is 4. The lowest BCUT2D eigenvalue weighted by atomic mass is 9.92. The molecule has 0 saturated carbocycles. The van der Waals surface area contributed by atoms with Crippen molar-refractivity contribution in [2.75, 3.05) is 0 Å². The van der Waals surface area contributed by atoms with Gasteiger partial charge in [0, 0.05) is 17.8 Å². The van der Waals surface area contributed by atoms with Crippen molar-refractivity contribution in [3.63, 3.8) is 0 Å². The van der Waals surface area contributed by atoms with E-state index in [1.165, 1.54) is 0 Å². The fraction of sp³-hybridized carbons (Fsp3) is 0.0476. The summed E-state index contributed by atoms with van der Waals surface area (Å²) in [5.41, 5.74) is 4.17. The summed E-state index contributed by atoms with van der Waals surface area (Å²) in [6.07, 6.45) is -0.171. The van der Waals surface area contributed by atoms with Crippen LogP contribution in [-0.4, -0.2) is 11.0 Å². The van der Waals surface area contributed by atoms with Crippen LogP contribution in [0.2, 0.25) is 0 Å². The summed E-state index contributed by atoms with van der Waals surface area (Å²) in [6.45, 7) is 0. The molecule has 2 aromatic carbocycles. The van der Waals surface area contributed by atoms with Gasteiger partial charge in [0.2, 0.25) is 0 Å². The van der Waals surface area contributed by atoms with Crippen LogP contribution < -0.4 is 5.11 Å². The van der Waals surface area contributed by atoms with Gasteiger partial charge in [-0.3, -0.25) is 0 Å². The first-order chi connectivity index (χ1) is 12.2. The van der Waals surface area contributed by atoms with Gasteiger partial charge in [-0.15, -0.1) is 11.3 Å². The normalized spacial score (nSPS) is 10.9. The van der Waals surface area contributed by atoms with Crippen molar-refractivity contribution in [2.45, 2.75) is 6.42 Å². The summed E-state index contributed by atoms with van der Waals surface area (Å²) in [4.78, 5) is 17.2. The average molecular weight is 344 g/mol. The van der Waals surface area contributed by atoms with Crippen LogP contribution >= 0.6 is 11.3 Å². The lowest BCUT2D eigenvalue weighted by molar-refractivity contribution is -0.304. The van der Waals surface area contributed by atoms with E-state index >= 15 is 0 Å². The van der Waals surface area contributed by atoms with E-state index in [1.807, 2.05) is 72.1 Å². The van der Waals surface area contributed by atoms with Crippen LogP contribution in [0.3, 0.4) is 0 Å². The lowest BCUT2D eigenvalue weighted by Gasteiger charge is -2.17. The molecule has 0 N–H and O–H groups in total. The number of aliphatic carboxylic acids is 1. The predicted octanol–water partition coefficient (Wildman–Crippen LogP) is 3.92. The number of pyridine rings is 1. The van der Waals surface area contributed by atoms with Gasteiger partial charge in [0.1, 0.15) is 0 Å². The maximum atomic E-state index is 11.5. The SMILES string of the molecule is O=C([O-])Cc1c(-c2cccs2)nc2ccccc2c1-c1ccccc1. The molecule has 25 heavy (non-hydrogen) atoms. The molecule has 0 bridgehead atoms. The van der Waals surface area contributed by atoms with Crippen molar-refractivity contribution in [1.29, 1.82) is 0 Å². The monoisotopic (exact) mass is 344 g/mol. The number of thiophene rings is 1. The Kier molecular flexibility index (Phi) is 4.04. The lowest BCUT2D eigenvalue weighted by Crippen LogP contribution is -2.25. The van der Waals surface area contributed by atoms with Crippen molar-refractivity contribution in [3.05, 3.63) is 77.7 Å². The van der Waals surface area contributed by atoms with Crippen LogP contribution in [0, 0.1) is 0 Å². The Hall–Kier alpha value is -2.98. The number of rotatable bonds is 4. The maximum Gasteiger partial charge on any atom is 0.0851 e. The first-order valence-electron chi connectivity index (χ1n) is 7.95. The fourth-order valence-corrected chi connectivity index (χ4v) is 3.86. The Bertz CT molecular complexity index is 1040. The number of nitrogens with zero attached hydrogens (tertiary/aromatic N) is 1. The summed E-state index contributed by atoms with van der Waals surface area (Å²) in [7, 11) is 0. The molecule has 4 aromatic rings. The van der Waals surface area contributed by atoms with E-state index in [0.29, 0.717) is 5.56 Å². The smallest absolute Gasteiger partial charge is 0.0851 e. The summed E-state index contributed by atoms with van der Waals surface area (Å²) in [6, 6.07) is 21.6. The molecule has 4 heteroatoms. The minimum Gasteiger partial charge on any atom is -0.550 e. The summed E-state index contributed by atoms with van der Waals surface area (Å²) in [5, 5.41) is 14.4. The van der Waals surface area contributed by atoms with E-state index < -0.39 is 5.97 Å². The molecule has 0 saturated heterocycles. The number of carbonyl (C=O) groups excluding carboxylic acids is 1. The second-order valence-corrected chi connectivity index (χ2v) is 6.67. The van der Waals surface area contributed by atoms with Crippen LogP contribution in [0.5, 0.6) is 0 Å². The zero-order valence-corrected chi connectivity index (χ0v) is 14.1. The van der Waals surface area contributed by atoms with Gasteiger partial charge in [0.25, 0.3) is 0 Å². The van der Waals surface area contributed by atoms with E-state index in [0.717, 1.165) is 32.6 Å². The molecule has 0 aliphatic rings. The van der Waals surface area contributed by atoms with Gasteiger partial charge in [-0.1, -0.05) is 54.6 Å². The number of carbonyl (C=O) groups is 1. The standard InChI is InChI=1S/C21H15NO2S/c23-19(24)13-16-20(14-7-2-1-3-8-14)15-9-4-5-10-17(15)22-21(16)18-11-6-12-25-18/h1-12H,13H2,(H,23,24)/p-1. The molecule has 0 amide bonds. The number of carboxylic acids is 1. The predicted molar refractivity (Wildman–Crippen MR) is 99.2 cm³/mol. The van der Waals surface area contributed by atoms with Crippen LogP contribution in [-0.2, 0) is 11.2 Å². The van der Waals surface area contributed by atoms with Crippen LogP contribution in [0.4, 0.5) is 0 Å². The molecule has 0 spiro atoms. The highest BCUT2D eigenvalue weighted by molar-refractivity contribution is 7.13. The molecule has 0 aliphatic carbocycles. The Morgan fingerprint density at radius 3 is 2.44 bits per heavy atom. The summed E-state index contributed by atoms with van der Waals surface area (Å²) >= 11 is 1.55. The minimum absolute atomic E-state index is 0.171. The molecule has 0 unspecified atom stereocenters. The molecule has 122 valence electrons. The fourth-order valence-electron chi connectivity index (χ4n) is 3.12. The van der Waals surface area contributed by atoms with Crippen LogP contribution in [0.1, 0.15) is 5.56 Å². The number of aromatic nitrogens is 1. The highest BCUT2D eigenvalue weighted by atomic mass is 32.1. The molecule has 0 fully saturated rings. The third kappa shape index (κ3) is 2.92. The Labute approximate surface area is 149 Å². The van der Waals surface area contributed by atoms with Crippen molar-refractivity contribution >= 4 is 28.2 Å². The molecule has 0 radical (unpaired) electrons. The van der Waals surface area contributed by atoms with Gasteiger partial charge in [-0.25, -0.2) is 4.98 Å². The Balaban J connectivity index is 2.13. The van der Waals surface area contributed by atoms with E-state index in [9.17, 15) is 9.90 Å². The Morgan fingerprint density at radius 2 is 1.72 bits per heavy atom. The van der Waals surface area contributed by atoms with Crippen molar-refractivity contribution in [2.24, 2.45) is 0 Å². The highest BCUT2D eigenvalue weighted by Crippen LogP contribution is 2.38.